The highest BCUT2D eigenvalue weighted by Crippen LogP contribution is 2.47. The number of aromatic nitrogens is 3. The molecule has 4 aliphatic rings. The molecule has 15 heteroatoms. The number of aliphatic hydroxyl groups excluding tert-OH is 1. The predicted octanol–water partition coefficient (Wildman–Crippen LogP) is 4.98. The first kappa shape index (κ1) is 29.0. The smallest absolute Gasteiger partial charge is 0.333 e. The molecule has 43 heavy (non-hydrogen) atoms. The van der Waals surface area contributed by atoms with E-state index in [1.165, 1.54) is 41.8 Å². The van der Waals surface area contributed by atoms with Gasteiger partial charge in [0.25, 0.3) is 0 Å². The van der Waals surface area contributed by atoms with Gasteiger partial charge in [-0.05, 0) is 55.7 Å². The second-order valence-corrected chi connectivity index (χ2v) is 14.8. The van der Waals surface area contributed by atoms with Crippen LogP contribution in [0.4, 0.5) is 13.2 Å². The molecule has 7 rings (SSSR count). The van der Waals surface area contributed by atoms with Crippen molar-refractivity contribution in [3.63, 3.8) is 0 Å². The Kier molecular flexibility index (Phi) is 7.40. The molecule has 2 aliphatic heterocycles. The first-order valence-electron chi connectivity index (χ1n) is 14.0. The zero-order valence-corrected chi connectivity index (χ0v) is 25.0. The average molecular weight is 653 g/mol. The number of benzene rings is 1. The zero-order valence-electron chi connectivity index (χ0n) is 22.7. The van der Waals surface area contributed by atoms with Crippen molar-refractivity contribution in [2.45, 2.75) is 62.1 Å². The summed E-state index contributed by atoms with van der Waals surface area (Å²) < 4.78 is 72.0. The molecule has 6 atom stereocenters. The molecule has 1 saturated heterocycles. The first-order valence-corrected chi connectivity index (χ1v) is 16.9. The number of sulfonamides is 1. The summed E-state index contributed by atoms with van der Waals surface area (Å²) in [7, 11) is -3.74. The highest BCUT2D eigenvalue weighted by atomic mass is 35.5. The standard InChI is InChI=1S/C28H28ClF3N6O3S2/c29-20-11-16(30)3-4-19(20)24-23(21-5-7-38(35-21)28(31)32)22-12-17(13-37(22)26(34-24)27-33-6-8-42-27)36-43(40,41)18-9-14-1-2-15(10-18)25(14)39/h3-8,11,14-15,17-18,24-25,28,36,39H,1-2,9-10,12-13H2/t14-,15?,17-,18?,24-,25?/m0/s1. The van der Waals surface area contributed by atoms with Gasteiger partial charge in [0.2, 0.25) is 10.0 Å². The van der Waals surface area contributed by atoms with Crippen LogP contribution >= 0.6 is 22.9 Å². The molecule has 3 fully saturated rings. The highest BCUT2D eigenvalue weighted by molar-refractivity contribution is 7.90. The second-order valence-electron chi connectivity index (χ2n) is 11.5. The minimum absolute atomic E-state index is 0.0145. The predicted molar refractivity (Wildman–Crippen MR) is 156 cm³/mol. The van der Waals surface area contributed by atoms with E-state index >= 15 is 0 Å². The summed E-state index contributed by atoms with van der Waals surface area (Å²) in [5.74, 6) is -0.0860. The Bertz CT molecular complexity index is 1700. The first-order chi connectivity index (χ1) is 20.6. The van der Waals surface area contributed by atoms with Crippen LogP contribution in [0.1, 0.15) is 61.0 Å². The van der Waals surface area contributed by atoms with Crippen LogP contribution in [0.25, 0.3) is 5.57 Å². The highest BCUT2D eigenvalue weighted by Gasteiger charge is 2.47. The van der Waals surface area contributed by atoms with Crippen LogP contribution in [0.2, 0.25) is 5.02 Å². The van der Waals surface area contributed by atoms with Gasteiger partial charge in [-0.2, -0.15) is 13.9 Å². The molecule has 4 heterocycles. The fraction of sp³-hybridized carbons (Fsp3) is 0.464. The zero-order chi connectivity index (χ0) is 30.0. The van der Waals surface area contributed by atoms with Crippen LogP contribution in [0.15, 0.2) is 52.7 Å². The van der Waals surface area contributed by atoms with Crippen molar-refractivity contribution in [3.8, 4) is 0 Å². The van der Waals surface area contributed by atoms with Gasteiger partial charge in [-0.25, -0.2) is 27.2 Å². The third-order valence-electron chi connectivity index (χ3n) is 9.00. The number of hydrogen-bond acceptors (Lipinski definition) is 8. The van der Waals surface area contributed by atoms with Gasteiger partial charge in [0.15, 0.2) is 10.8 Å². The minimum Gasteiger partial charge on any atom is -0.393 e. The number of alkyl halides is 2. The SMILES string of the molecule is O=S(=O)(N[C@H]1CC2=C(c3ccn(C(F)F)n3)[C@H](c3ccc(F)cc3Cl)N=C(c3nccs3)N2C1)C1CC2CC[C@@H](C1)C2O. The number of fused-ring (bicyclic) bond motifs is 3. The van der Waals surface area contributed by atoms with Crippen molar-refractivity contribution >= 4 is 44.4 Å². The summed E-state index contributed by atoms with van der Waals surface area (Å²) in [4.78, 5) is 11.3. The fourth-order valence-electron chi connectivity index (χ4n) is 7.06. The van der Waals surface area contributed by atoms with Gasteiger partial charge < -0.3 is 10.0 Å². The molecule has 2 N–H and O–H groups in total. The molecule has 2 aromatic heterocycles. The van der Waals surface area contributed by atoms with Crippen LogP contribution in [0.3, 0.4) is 0 Å². The number of halogens is 4. The lowest BCUT2D eigenvalue weighted by Crippen LogP contribution is -2.46. The number of aliphatic hydroxyl groups is 1. The Morgan fingerprint density at radius 2 is 1.93 bits per heavy atom. The summed E-state index contributed by atoms with van der Waals surface area (Å²) >= 11 is 7.87. The van der Waals surface area contributed by atoms with Gasteiger partial charge in [-0.3, -0.25) is 4.99 Å². The van der Waals surface area contributed by atoms with Gasteiger partial charge in [-0.1, -0.05) is 17.7 Å². The van der Waals surface area contributed by atoms with E-state index < -0.39 is 45.8 Å². The van der Waals surface area contributed by atoms with E-state index in [2.05, 4.69) is 14.8 Å². The quantitative estimate of drug-likeness (QED) is 0.372. The lowest BCUT2D eigenvalue weighted by Gasteiger charge is -2.32. The molecule has 0 spiro atoms. The van der Waals surface area contributed by atoms with Gasteiger partial charge in [0.05, 0.1) is 17.0 Å². The number of nitrogens with zero attached hydrogens (tertiary/aromatic N) is 5. The summed E-state index contributed by atoms with van der Waals surface area (Å²) in [5.41, 5.74) is 1.81. The Labute approximate surface area is 255 Å². The van der Waals surface area contributed by atoms with Gasteiger partial charge >= 0.3 is 6.55 Å². The summed E-state index contributed by atoms with van der Waals surface area (Å²) in [6.45, 7) is -2.63. The van der Waals surface area contributed by atoms with Crippen molar-refractivity contribution in [1.29, 1.82) is 0 Å². The number of nitrogens with one attached hydrogen (secondary N) is 1. The van der Waals surface area contributed by atoms with Gasteiger partial charge in [0.1, 0.15) is 11.9 Å². The van der Waals surface area contributed by atoms with Crippen molar-refractivity contribution in [2.24, 2.45) is 16.8 Å². The molecular formula is C28H28ClF3N6O3S2. The van der Waals surface area contributed by atoms with Gasteiger partial charge in [-0.15, -0.1) is 11.3 Å². The Hall–Kier alpha value is -2.78. The maximum Gasteiger partial charge on any atom is 0.333 e. The molecule has 0 radical (unpaired) electrons. The summed E-state index contributed by atoms with van der Waals surface area (Å²) in [5, 5.41) is 16.4. The van der Waals surface area contributed by atoms with E-state index in [1.54, 1.807) is 11.6 Å². The molecule has 0 amide bonds. The Morgan fingerprint density at radius 3 is 2.58 bits per heavy atom. The molecule has 3 aromatic rings. The minimum atomic E-state index is -3.74. The van der Waals surface area contributed by atoms with E-state index in [1.807, 2.05) is 4.90 Å². The maximum atomic E-state index is 14.1. The van der Waals surface area contributed by atoms with E-state index in [0.29, 0.717) is 45.2 Å². The Morgan fingerprint density at radius 1 is 1.16 bits per heavy atom. The average Bonchev–Trinajstić information content (AvgIpc) is 3.75. The fourth-order valence-corrected chi connectivity index (χ4v) is 9.78. The molecule has 3 unspecified atom stereocenters. The molecule has 2 bridgehead atoms. The topological polar surface area (TPSA) is 113 Å². The number of thiazole rings is 1. The molecule has 9 nitrogen and oxygen atoms in total. The van der Waals surface area contributed by atoms with E-state index in [-0.39, 0.29) is 35.5 Å². The molecular weight excluding hydrogens is 625 g/mol. The summed E-state index contributed by atoms with van der Waals surface area (Å²) in [6.07, 6.45) is 5.09. The Balaban J connectivity index is 1.30. The van der Waals surface area contributed by atoms with Crippen LogP contribution < -0.4 is 4.72 Å². The number of aliphatic imine (C=N–C) groups is 1. The second kappa shape index (κ2) is 11.0. The monoisotopic (exact) mass is 652 g/mol. The summed E-state index contributed by atoms with van der Waals surface area (Å²) in [6, 6.07) is 4.00. The largest absolute Gasteiger partial charge is 0.393 e. The lowest BCUT2D eigenvalue weighted by atomic mass is 9.86. The molecule has 2 aliphatic carbocycles. The number of hydrogen-bond donors (Lipinski definition) is 2. The third-order valence-corrected chi connectivity index (χ3v) is 12.0. The lowest BCUT2D eigenvalue weighted by molar-refractivity contribution is 0.0564. The third kappa shape index (κ3) is 5.20. The molecule has 1 aromatic carbocycles. The van der Waals surface area contributed by atoms with E-state index in [0.717, 1.165) is 12.8 Å². The normalized spacial score (nSPS) is 29.0. The number of amidine groups is 1. The van der Waals surface area contributed by atoms with Crippen LogP contribution in [0.5, 0.6) is 0 Å². The van der Waals surface area contributed by atoms with Crippen molar-refractivity contribution in [3.05, 3.63) is 74.8 Å². The van der Waals surface area contributed by atoms with Crippen LogP contribution in [-0.2, 0) is 10.0 Å². The van der Waals surface area contributed by atoms with Crippen LogP contribution in [0, 0.1) is 17.7 Å². The number of rotatable bonds is 7. The van der Waals surface area contributed by atoms with Crippen LogP contribution in [-0.4, -0.2) is 63.0 Å². The van der Waals surface area contributed by atoms with Crippen molar-refractivity contribution in [1.82, 2.24) is 24.4 Å². The maximum absolute atomic E-state index is 14.1. The van der Waals surface area contributed by atoms with Crippen molar-refractivity contribution < 1.29 is 26.7 Å². The van der Waals surface area contributed by atoms with E-state index in [4.69, 9.17) is 16.6 Å². The van der Waals surface area contributed by atoms with E-state index in [9.17, 15) is 26.7 Å². The molecule has 228 valence electrons. The van der Waals surface area contributed by atoms with Crippen molar-refractivity contribution in [2.75, 3.05) is 6.54 Å². The van der Waals surface area contributed by atoms with Gasteiger partial charge in [0, 0.05) is 58.6 Å². The molecule has 2 saturated carbocycles.